The van der Waals surface area contributed by atoms with Crippen LogP contribution in [-0.4, -0.2) is 36.4 Å². The fourth-order valence-electron chi connectivity index (χ4n) is 2.46. The zero-order valence-electron chi connectivity index (χ0n) is 11.8. The van der Waals surface area contributed by atoms with Crippen LogP contribution in [0.1, 0.15) is 20.3 Å². The quantitative estimate of drug-likeness (QED) is 0.685. The summed E-state index contributed by atoms with van der Waals surface area (Å²) in [5.74, 6) is 0. The average molecular weight is 264 g/mol. The summed E-state index contributed by atoms with van der Waals surface area (Å²) in [7, 11) is -3.34. The van der Waals surface area contributed by atoms with Gasteiger partial charge in [0, 0.05) is 13.2 Å². The van der Waals surface area contributed by atoms with Gasteiger partial charge in [-0.2, -0.15) is 0 Å². The Bertz CT molecular complexity index is 189. The van der Waals surface area contributed by atoms with Crippen LogP contribution in [0.25, 0.3) is 0 Å². The summed E-state index contributed by atoms with van der Waals surface area (Å²) in [5, 5.41) is 0.574. The molecule has 0 aromatic heterocycles. The lowest BCUT2D eigenvalue weighted by Gasteiger charge is -2.40. The predicted molar refractivity (Wildman–Crippen MR) is 75.6 cm³/mol. The van der Waals surface area contributed by atoms with E-state index in [2.05, 4.69) is 26.2 Å². The Labute approximate surface area is 103 Å². The molecule has 5 heteroatoms. The molecule has 0 spiro atoms. The molecule has 0 rings (SSSR count). The Morgan fingerprint density at radius 2 is 1.44 bits per heavy atom. The van der Waals surface area contributed by atoms with Crippen LogP contribution in [0.4, 0.5) is 0 Å². The molecule has 98 valence electrons. The van der Waals surface area contributed by atoms with Crippen molar-refractivity contribution >= 4 is 16.6 Å². The van der Waals surface area contributed by atoms with E-state index in [9.17, 15) is 0 Å². The molecule has 0 bridgehead atoms. The topological polar surface area (TPSA) is 44.5 Å². The zero-order chi connectivity index (χ0) is 12.8. The second-order valence-corrected chi connectivity index (χ2v) is 14.7. The van der Waals surface area contributed by atoms with Crippen molar-refractivity contribution in [3.63, 3.8) is 0 Å². The molecular weight excluding hydrogens is 234 g/mol. The van der Waals surface area contributed by atoms with E-state index in [0.29, 0.717) is 5.16 Å². The molecule has 0 saturated heterocycles. The van der Waals surface area contributed by atoms with Crippen molar-refractivity contribution in [2.24, 2.45) is 5.73 Å². The molecule has 0 heterocycles. The first-order valence-electron chi connectivity index (χ1n) is 6.29. The lowest BCUT2D eigenvalue weighted by molar-refractivity contribution is 0.184. The highest BCUT2D eigenvalue weighted by Crippen LogP contribution is 2.36. The number of rotatable bonds is 8. The highest BCUT2D eigenvalue weighted by molar-refractivity contribution is 6.92. The van der Waals surface area contributed by atoms with Crippen LogP contribution < -0.4 is 5.73 Å². The largest absolute Gasteiger partial charge is 0.395 e. The van der Waals surface area contributed by atoms with Gasteiger partial charge in [0.1, 0.15) is 0 Å². The minimum absolute atomic E-state index is 0.574. The van der Waals surface area contributed by atoms with Crippen molar-refractivity contribution < 1.29 is 8.85 Å². The van der Waals surface area contributed by atoms with Crippen LogP contribution >= 0.6 is 0 Å². The molecule has 0 fully saturated rings. The first-order valence-corrected chi connectivity index (χ1v) is 12.3. The minimum atomic E-state index is -2.05. The Kier molecular flexibility index (Phi) is 7.04. The van der Waals surface area contributed by atoms with Crippen molar-refractivity contribution in [1.82, 2.24) is 0 Å². The first kappa shape index (κ1) is 16.3. The molecule has 0 aromatic carbocycles. The Hall–Kier alpha value is 0.314. The fraction of sp³-hybridized carbons (Fsp3) is 1.00. The molecule has 16 heavy (non-hydrogen) atoms. The van der Waals surface area contributed by atoms with Gasteiger partial charge in [0.15, 0.2) is 0 Å². The van der Waals surface area contributed by atoms with Gasteiger partial charge in [0.2, 0.25) is 0 Å². The summed E-state index contributed by atoms with van der Waals surface area (Å²) in [4.78, 5) is 0. The van der Waals surface area contributed by atoms with E-state index in [0.717, 1.165) is 26.2 Å². The normalized spacial score (nSPS) is 15.2. The maximum Gasteiger partial charge on any atom is 0.335 e. The number of hydrogen-bond donors (Lipinski definition) is 1. The third-order valence-corrected chi connectivity index (χ3v) is 12.8. The van der Waals surface area contributed by atoms with E-state index in [4.69, 9.17) is 14.6 Å². The van der Waals surface area contributed by atoms with Gasteiger partial charge in [0.25, 0.3) is 0 Å². The lowest BCUT2D eigenvalue weighted by atomic mass is 10.5. The van der Waals surface area contributed by atoms with E-state index >= 15 is 0 Å². The van der Waals surface area contributed by atoms with Gasteiger partial charge in [-0.15, -0.1) is 0 Å². The van der Waals surface area contributed by atoms with Crippen molar-refractivity contribution in [2.45, 2.75) is 51.6 Å². The molecule has 0 aliphatic carbocycles. The van der Waals surface area contributed by atoms with Crippen LogP contribution in [-0.2, 0) is 8.85 Å². The molecule has 3 nitrogen and oxygen atoms in total. The minimum Gasteiger partial charge on any atom is -0.395 e. The Morgan fingerprint density at radius 1 is 1.00 bits per heavy atom. The molecule has 1 atom stereocenters. The summed E-state index contributed by atoms with van der Waals surface area (Å²) in [6.07, 6.45) is 1.04. The predicted octanol–water partition coefficient (Wildman–Crippen LogP) is 2.73. The van der Waals surface area contributed by atoms with Gasteiger partial charge >= 0.3 is 8.56 Å². The number of nitrogens with two attached hydrogens (primary N) is 1. The molecule has 2 N–H and O–H groups in total. The van der Waals surface area contributed by atoms with Crippen LogP contribution in [0.5, 0.6) is 0 Å². The van der Waals surface area contributed by atoms with Crippen molar-refractivity contribution in [3.05, 3.63) is 0 Å². The van der Waals surface area contributed by atoms with E-state index in [1.165, 1.54) is 0 Å². The average Bonchev–Trinajstić information content (AvgIpc) is 2.13. The maximum absolute atomic E-state index is 6.01. The highest BCUT2D eigenvalue weighted by Gasteiger charge is 2.47. The van der Waals surface area contributed by atoms with E-state index in [-0.39, 0.29) is 0 Å². The second-order valence-electron chi connectivity index (χ2n) is 5.38. The third kappa shape index (κ3) is 4.67. The monoisotopic (exact) mass is 263 g/mol. The summed E-state index contributed by atoms with van der Waals surface area (Å²) < 4.78 is 12.0. The van der Waals surface area contributed by atoms with Crippen LogP contribution in [0, 0.1) is 0 Å². The second kappa shape index (κ2) is 6.91. The van der Waals surface area contributed by atoms with E-state index < -0.39 is 16.6 Å². The lowest BCUT2D eigenvalue weighted by Crippen LogP contribution is -2.53. The Balaban J connectivity index is 4.93. The summed E-state index contributed by atoms with van der Waals surface area (Å²) in [6, 6.07) is 0. The zero-order valence-corrected chi connectivity index (χ0v) is 13.8. The van der Waals surface area contributed by atoms with Gasteiger partial charge in [-0.1, -0.05) is 19.6 Å². The molecule has 0 aliphatic heterocycles. The third-order valence-electron chi connectivity index (χ3n) is 3.00. The standard InChI is InChI=1S/C11H29NO2Si2/c1-7-13-16(6,14-8-2)11(9-10-12)15(3,4)5/h11H,7-10,12H2,1-6H3. The Morgan fingerprint density at radius 3 is 1.69 bits per heavy atom. The smallest absolute Gasteiger partial charge is 0.335 e. The van der Waals surface area contributed by atoms with Gasteiger partial charge in [0.05, 0.1) is 8.07 Å². The molecule has 0 radical (unpaired) electrons. The molecular formula is C11H29NO2Si2. The number of hydrogen-bond acceptors (Lipinski definition) is 3. The van der Waals surface area contributed by atoms with Crippen molar-refractivity contribution in [3.8, 4) is 0 Å². The van der Waals surface area contributed by atoms with Crippen LogP contribution in [0.2, 0.25) is 31.4 Å². The fourth-order valence-corrected chi connectivity index (χ4v) is 12.6. The van der Waals surface area contributed by atoms with Gasteiger partial charge in [-0.3, -0.25) is 0 Å². The van der Waals surface area contributed by atoms with E-state index in [1.54, 1.807) is 0 Å². The maximum atomic E-state index is 6.01. The van der Waals surface area contributed by atoms with Crippen LogP contribution in [0.3, 0.4) is 0 Å². The highest BCUT2D eigenvalue weighted by atomic mass is 28.4. The van der Waals surface area contributed by atoms with Crippen molar-refractivity contribution in [2.75, 3.05) is 19.8 Å². The van der Waals surface area contributed by atoms with Gasteiger partial charge in [-0.25, -0.2) is 0 Å². The molecule has 0 saturated carbocycles. The molecule has 1 unspecified atom stereocenters. The van der Waals surface area contributed by atoms with E-state index in [1.807, 2.05) is 13.8 Å². The van der Waals surface area contributed by atoms with Crippen molar-refractivity contribution in [1.29, 1.82) is 0 Å². The molecule has 0 aliphatic rings. The first-order chi connectivity index (χ1) is 7.31. The molecule has 0 aromatic rings. The molecule has 0 amide bonds. The van der Waals surface area contributed by atoms with Gasteiger partial charge < -0.3 is 14.6 Å². The summed E-state index contributed by atoms with van der Waals surface area (Å²) in [5.41, 5.74) is 5.75. The van der Waals surface area contributed by atoms with Gasteiger partial charge in [-0.05, 0) is 38.5 Å². The summed E-state index contributed by atoms with van der Waals surface area (Å²) >= 11 is 0. The SMILES string of the molecule is CCO[Si](C)(OCC)C(CCN)[Si](C)(C)C. The summed E-state index contributed by atoms with van der Waals surface area (Å²) in [6.45, 7) is 15.7. The van der Waals surface area contributed by atoms with Crippen LogP contribution in [0.15, 0.2) is 0 Å².